The van der Waals surface area contributed by atoms with Gasteiger partial charge in [0.25, 0.3) is 0 Å². The minimum atomic E-state index is -0.519. The molecular formula is C16H22N2O4. The quantitative estimate of drug-likeness (QED) is 0.830. The molecule has 2 unspecified atom stereocenters. The van der Waals surface area contributed by atoms with E-state index in [-0.39, 0.29) is 23.4 Å². The summed E-state index contributed by atoms with van der Waals surface area (Å²) in [7, 11) is 2.81. The fourth-order valence-electron chi connectivity index (χ4n) is 2.74. The van der Waals surface area contributed by atoms with Crippen molar-refractivity contribution >= 4 is 17.6 Å². The molecule has 1 aliphatic rings. The van der Waals surface area contributed by atoms with E-state index in [0.717, 1.165) is 19.3 Å². The van der Waals surface area contributed by atoms with Crippen LogP contribution in [-0.2, 0) is 9.53 Å². The van der Waals surface area contributed by atoms with E-state index in [2.05, 4.69) is 5.32 Å². The van der Waals surface area contributed by atoms with Crippen LogP contribution in [-0.4, -0.2) is 32.1 Å². The van der Waals surface area contributed by atoms with Crippen molar-refractivity contribution in [1.82, 2.24) is 0 Å². The highest BCUT2D eigenvalue weighted by Crippen LogP contribution is 2.27. The van der Waals surface area contributed by atoms with Gasteiger partial charge in [0.1, 0.15) is 5.75 Å². The Morgan fingerprint density at radius 1 is 1.27 bits per heavy atom. The van der Waals surface area contributed by atoms with Crippen molar-refractivity contribution in [3.05, 3.63) is 23.8 Å². The second kappa shape index (κ2) is 7.26. The number of rotatable bonds is 4. The highest BCUT2D eigenvalue weighted by atomic mass is 16.5. The molecule has 0 aliphatic heterocycles. The van der Waals surface area contributed by atoms with Gasteiger partial charge in [0.05, 0.1) is 25.5 Å². The summed E-state index contributed by atoms with van der Waals surface area (Å²) in [6.45, 7) is 0. The van der Waals surface area contributed by atoms with Crippen molar-refractivity contribution in [3.8, 4) is 5.75 Å². The molecule has 0 saturated heterocycles. The molecule has 3 N–H and O–H groups in total. The van der Waals surface area contributed by atoms with Crippen LogP contribution in [0, 0.1) is 5.92 Å². The average molecular weight is 306 g/mol. The first-order chi connectivity index (χ1) is 10.5. The van der Waals surface area contributed by atoms with Crippen LogP contribution in [0.5, 0.6) is 5.75 Å². The van der Waals surface area contributed by atoms with E-state index in [1.54, 1.807) is 18.2 Å². The van der Waals surface area contributed by atoms with Crippen LogP contribution in [0.1, 0.15) is 36.0 Å². The molecule has 2 atom stereocenters. The third-order valence-electron chi connectivity index (χ3n) is 3.98. The molecule has 6 heteroatoms. The summed E-state index contributed by atoms with van der Waals surface area (Å²) in [6.07, 6.45) is 3.41. The van der Waals surface area contributed by atoms with Crippen LogP contribution in [0.4, 0.5) is 5.69 Å². The lowest BCUT2D eigenvalue weighted by Crippen LogP contribution is -2.34. The first-order valence-electron chi connectivity index (χ1n) is 7.38. The molecule has 2 rings (SSSR count). The third-order valence-corrected chi connectivity index (χ3v) is 3.98. The van der Waals surface area contributed by atoms with Crippen LogP contribution in [0.25, 0.3) is 0 Å². The zero-order valence-electron chi connectivity index (χ0n) is 12.9. The molecule has 1 aliphatic carbocycles. The van der Waals surface area contributed by atoms with Crippen molar-refractivity contribution in [3.63, 3.8) is 0 Å². The second-order valence-electron chi connectivity index (χ2n) is 5.52. The van der Waals surface area contributed by atoms with Gasteiger partial charge in [-0.1, -0.05) is 6.42 Å². The van der Waals surface area contributed by atoms with Crippen molar-refractivity contribution in [2.24, 2.45) is 11.7 Å². The number of benzene rings is 1. The standard InChI is InChI=1S/C16H22N2O4/c1-21-12-6-7-14(13(9-12)16(20)22-2)18-15(19)10-4-3-5-11(17)8-10/h6-7,9-11H,3-5,8,17H2,1-2H3,(H,18,19). The summed E-state index contributed by atoms with van der Waals surface area (Å²) in [4.78, 5) is 24.2. The maximum Gasteiger partial charge on any atom is 0.340 e. The second-order valence-corrected chi connectivity index (χ2v) is 5.52. The molecule has 1 fully saturated rings. The van der Waals surface area contributed by atoms with Crippen LogP contribution in [0.15, 0.2) is 18.2 Å². The highest BCUT2D eigenvalue weighted by Gasteiger charge is 2.26. The number of hydrogen-bond donors (Lipinski definition) is 2. The number of nitrogens with one attached hydrogen (secondary N) is 1. The molecule has 0 spiro atoms. The summed E-state index contributed by atoms with van der Waals surface area (Å²) in [6, 6.07) is 4.95. The van der Waals surface area contributed by atoms with E-state index in [9.17, 15) is 9.59 Å². The molecular weight excluding hydrogens is 284 g/mol. The average Bonchev–Trinajstić information content (AvgIpc) is 2.54. The van der Waals surface area contributed by atoms with Gasteiger partial charge >= 0.3 is 5.97 Å². The van der Waals surface area contributed by atoms with E-state index in [1.807, 2.05) is 0 Å². The number of esters is 1. The number of amides is 1. The van der Waals surface area contributed by atoms with E-state index in [0.29, 0.717) is 17.9 Å². The smallest absolute Gasteiger partial charge is 0.340 e. The zero-order chi connectivity index (χ0) is 16.1. The summed E-state index contributed by atoms with van der Waals surface area (Å²) in [5.74, 6) is -0.213. The van der Waals surface area contributed by atoms with Crippen LogP contribution >= 0.6 is 0 Å². The monoisotopic (exact) mass is 306 g/mol. The molecule has 0 heterocycles. The van der Waals surface area contributed by atoms with Crippen LogP contribution < -0.4 is 15.8 Å². The molecule has 22 heavy (non-hydrogen) atoms. The van der Waals surface area contributed by atoms with Gasteiger partial charge in [-0.25, -0.2) is 4.79 Å². The fraction of sp³-hybridized carbons (Fsp3) is 0.500. The molecule has 0 radical (unpaired) electrons. The fourth-order valence-corrected chi connectivity index (χ4v) is 2.74. The zero-order valence-corrected chi connectivity index (χ0v) is 12.9. The summed E-state index contributed by atoms with van der Waals surface area (Å²) in [5.41, 5.74) is 6.62. The molecule has 0 bridgehead atoms. The Hall–Kier alpha value is -2.08. The summed E-state index contributed by atoms with van der Waals surface area (Å²) >= 11 is 0. The predicted molar refractivity (Wildman–Crippen MR) is 82.9 cm³/mol. The first kappa shape index (κ1) is 16.3. The van der Waals surface area contributed by atoms with Crippen molar-refractivity contribution in [1.29, 1.82) is 0 Å². The van der Waals surface area contributed by atoms with Crippen molar-refractivity contribution in [2.75, 3.05) is 19.5 Å². The van der Waals surface area contributed by atoms with E-state index in [1.165, 1.54) is 14.2 Å². The van der Waals surface area contributed by atoms with Gasteiger partial charge in [-0.3, -0.25) is 4.79 Å². The van der Waals surface area contributed by atoms with Gasteiger partial charge in [-0.2, -0.15) is 0 Å². The molecule has 0 aromatic heterocycles. The molecule has 1 saturated carbocycles. The first-order valence-corrected chi connectivity index (χ1v) is 7.38. The Kier molecular flexibility index (Phi) is 5.38. The maximum atomic E-state index is 12.4. The number of carbonyl (C=O) groups is 2. The Morgan fingerprint density at radius 2 is 2.05 bits per heavy atom. The molecule has 1 amide bonds. The Bertz CT molecular complexity index is 559. The molecule has 120 valence electrons. The molecule has 1 aromatic carbocycles. The predicted octanol–water partition coefficient (Wildman–Crippen LogP) is 1.94. The van der Waals surface area contributed by atoms with Gasteiger partial charge in [-0.05, 0) is 37.5 Å². The lowest BCUT2D eigenvalue weighted by atomic mass is 9.85. The van der Waals surface area contributed by atoms with Crippen molar-refractivity contribution in [2.45, 2.75) is 31.7 Å². The number of methoxy groups -OCH3 is 2. The molecule has 6 nitrogen and oxygen atoms in total. The van der Waals surface area contributed by atoms with Gasteiger partial charge < -0.3 is 20.5 Å². The maximum absolute atomic E-state index is 12.4. The largest absolute Gasteiger partial charge is 0.497 e. The van der Waals surface area contributed by atoms with Gasteiger partial charge in [0, 0.05) is 12.0 Å². The number of hydrogen-bond acceptors (Lipinski definition) is 5. The Balaban J connectivity index is 2.17. The van der Waals surface area contributed by atoms with Crippen LogP contribution in [0.2, 0.25) is 0 Å². The highest BCUT2D eigenvalue weighted by molar-refractivity contribution is 6.02. The number of carbonyl (C=O) groups excluding carboxylic acids is 2. The normalized spacial score (nSPS) is 21.0. The van der Waals surface area contributed by atoms with E-state index >= 15 is 0 Å². The Morgan fingerprint density at radius 3 is 2.68 bits per heavy atom. The summed E-state index contributed by atoms with van der Waals surface area (Å²) in [5, 5.41) is 2.82. The summed E-state index contributed by atoms with van der Waals surface area (Å²) < 4.78 is 9.86. The molecule has 1 aromatic rings. The van der Waals surface area contributed by atoms with Gasteiger partial charge in [0.2, 0.25) is 5.91 Å². The van der Waals surface area contributed by atoms with Crippen molar-refractivity contribution < 1.29 is 19.1 Å². The minimum Gasteiger partial charge on any atom is -0.497 e. The lowest BCUT2D eigenvalue weighted by molar-refractivity contribution is -0.120. The van der Waals surface area contributed by atoms with Crippen LogP contribution in [0.3, 0.4) is 0 Å². The Labute approximate surface area is 130 Å². The SMILES string of the molecule is COC(=O)c1cc(OC)ccc1NC(=O)C1CCCC(N)C1. The van der Waals surface area contributed by atoms with Gasteiger partial charge in [-0.15, -0.1) is 0 Å². The number of anilines is 1. The number of ether oxygens (including phenoxy) is 2. The third kappa shape index (κ3) is 3.76. The topological polar surface area (TPSA) is 90.6 Å². The number of nitrogens with two attached hydrogens (primary N) is 1. The van der Waals surface area contributed by atoms with E-state index < -0.39 is 5.97 Å². The van der Waals surface area contributed by atoms with E-state index in [4.69, 9.17) is 15.2 Å². The minimum absolute atomic E-state index is 0.0699. The lowest BCUT2D eigenvalue weighted by Gasteiger charge is -2.26. The van der Waals surface area contributed by atoms with Gasteiger partial charge in [0.15, 0.2) is 0 Å².